The van der Waals surface area contributed by atoms with E-state index in [-0.39, 0.29) is 11.7 Å². The van der Waals surface area contributed by atoms with Gasteiger partial charge < -0.3 is 14.7 Å². The maximum atomic E-state index is 13.1. The molecule has 1 fully saturated rings. The molecule has 1 saturated heterocycles. The highest BCUT2D eigenvalue weighted by Gasteiger charge is 2.27. The number of hydrogen-bond donors (Lipinski definition) is 0. The van der Waals surface area contributed by atoms with Crippen LogP contribution < -0.4 is 9.80 Å². The smallest absolute Gasteiger partial charge is 0.242 e. The third-order valence-electron chi connectivity index (χ3n) is 5.16. The van der Waals surface area contributed by atoms with Crippen LogP contribution >= 0.6 is 11.8 Å². The molecule has 1 unspecified atom stereocenters. The van der Waals surface area contributed by atoms with Gasteiger partial charge in [-0.3, -0.25) is 4.79 Å². The molecule has 2 heterocycles. The number of para-hydroxylation sites is 1. The van der Waals surface area contributed by atoms with Crippen LogP contribution in [0.2, 0.25) is 0 Å². The van der Waals surface area contributed by atoms with Crippen molar-refractivity contribution in [3.63, 3.8) is 0 Å². The van der Waals surface area contributed by atoms with Crippen molar-refractivity contribution < 1.29 is 9.18 Å². The first-order chi connectivity index (χ1) is 13.1. The van der Waals surface area contributed by atoms with Crippen LogP contribution in [-0.2, 0) is 4.79 Å². The Morgan fingerprint density at radius 1 is 1.07 bits per heavy atom. The van der Waals surface area contributed by atoms with Gasteiger partial charge in [0.05, 0.1) is 12.2 Å². The maximum absolute atomic E-state index is 13.1. The summed E-state index contributed by atoms with van der Waals surface area (Å²) in [6.07, 6.45) is 0. The van der Waals surface area contributed by atoms with Gasteiger partial charge in [-0.1, -0.05) is 19.1 Å². The zero-order valence-electron chi connectivity index (χ0n) is 15.5. The van der Waals surface area contributed by atoms with Crippen LogP contribution in [-0.4, -0.2) is 55.3 Å². The fourth-order valence-electron chi connectivity index (χ4n) is 3.76. The number of fused-ring (bicyclic) bond motifs is 1. The minimum Gasteiger partial charge on any atom is -0.368 e. The molecule has 0 aliphatic carbocycles. The van der Waals surface area contributed by atoms with Crippen LogP contribution in [0.15, 0.2) is 53.4 Å². The number of amides is 1. The van der Waals surface area contributed by atoms with Gasteiger partial charge >= 0.3 is 0 Å². The fourth-order valence-corrected chi connectivity index (χ4v) is 4.92. The normalized spacial score (nSPS) is 19.8. The van der Waals surface area contributed by atoms with Crippen molar-refractivity contribution in [1.82, 2.24) is 4.90 Å². The highest BCUT2D eigenvalue weighted by Crippen LogP contribution is 2.37. The lowest BCUT2D eigenvalue weighted by atomic mass is 10.2. The second kappa shape index (κ2) is 7.80. The van der Waals surface area contributed by atoms with Gasteiger partial charge in [0.15, 0.2) is 0 Å². The molecular formula is C21H24FN3OS. The van der Waals surface area contributed by atoms with Crippen molar-refractivity contribution in [1.29, 1.82) is 0 Å². The molecule has 4 nitrogen and oxygen atoms in total. The van der Waals surface area contributed by atoms with Crippen molar-refractivity contribution in [2.75, 3.05) is 49.1 Å². The van der Waals surface area contributed by atoms with E-state index in [4.69, 9.17) is 0 Å². The summed E-state index contributed by atoms with van der Waals surface area (Å²) in [5.74, 6) is -0.0376. The van der Waals surface area contributed by atoms with Gasteiger partial charge in [0, 0.05) is 48.6 Å². The monoisotopic (exact) mass is 385 g/mol. The molecule has 1 amide bonds. The highest BCUT2D eigenvalue weighted by molar-refractivity contribution is 8.00. The molecular weight excluding hydrogens is 361 g/mol. The second-order valence-corrected chi connectivity index (χ2v) is 8.60. The Hall–Kier alpha value is -2.21. The third kappa shape index (κ3) is 4.05. The number of benzene rings is 2. The van der Waals surface area contributed by atoms with Gasteiger partial charge in [-0.2, -0.15) is 0 Å². The molecule has 0 N–H and O–H groups in total. The Balaban J connectivity index is 1.37. The van der Waals surface area contributed by atoms with Crippen molar-refractivity contribution in [3.05, 3.63) is 54.3 Å². The highest BCUT2D eigenvalue weighted by atomic mass is 32.2. The third-order valence-corrected chi connectivity index (χ3v) is 6.31. The van der Waals surface area contributed by atoms with Crippen molar-refractivity contribution in [2.45, 2.75) is 17.1 Å². The van der Waals surface area contributed by atoms with E-state index in [0.29, 0.717) is 24.9 Å². The lowest BCUT2D eigenvalue weighted by Gasteiger charge is -2.39. The molecule has 2 aromatic rings. The second-order valence-electron chi connectivity index (χ2n) is 7.12. The summed E-state index contributed by atoms with van der Waals surface area (Å²) in [6.45, 7) is 6.49. The Kier molecular flexibility index (Phi) is 5.25. The van der Waals surface area contributed by atoms with Gasteiger partial charge in [-0.05, 0) is 36.4 Å². The van der Waals surface area contributed by atoms with E-state index in [9.17, 15) is 9.18 Å². The molecule has 6 heteroatoms. The van der Waals surface area contributed by atoms with Crippen LogP contribution in [0.3, 0.4) is 0 Å². The Morgan fingerprint density at radius 3 is 2.52 bits per heavy atom. The van der Waals surface area contributed by atoms with Crippen LogP contribution in [0.5, 0.6) is 0 Å². The molecule has 2 aliphatic rings. The molecule has 2 aromatic carbocycles. The number of carbonyl (C=O) groups is 1. The number of hydrogen-bond acceptors (Lipinski definition) is 4. The number of carbonyl (C=O) groups excluding carboxylic acids is 1. The molecule has 4 rings (SSSR count). The minimum absolute atomic E-state index is 0.183. The number of rotatable bonds is 3. The van der Waals surface area contributed by atoms with Crippen LogP contribution in [0.25, 0.3) is 0 Å². The first-order valence-corrected chi connectivity index (χ1v) is 10.3. The summed E-state index contributed by atoms with van der Waals surface area (Å²) in [5, 5.41) is 0.475. The summed E-state index contributed by atoms with van der Waals surface area (Å²) in [7, 11) is 0. The first kappa shape index (κ1) is 18.2. The lowest BCUT2D eigenvalue weighted by Crippen LogP contribution is -2.52. The molecule has 142 valence electrons. The molecule has 0 bridgehead atoms. The van der Waals surface area contributed by atoms with Gasteiger partial charge in [0.1, 0.15) is 5.82 Å². The zero-order chi connectivity index (χ0) is 18.8. The molecule has 2 aliphatic heterocycles. The molecule has 0 saturated carbocycles. The molecule has 0 aromatic heterocycles. The van der Waals surface area contributed by atoms with Gasteiger partial charge in [0.2, 0.25) is 5.91 Å². The van der Waals surface area contributed by atoms with E-state index in [1.807, 2.05) is 22.7 Å². The van der Waals surface area contributed by atoms with Crippen LogP contribution in [0.1, 0.15) is 6.92 Å². The number of anilines is 2. The SMILES string of the molecule is CC1CN(CC(=O)N2CCN(c3ccc(F)cc3)CC2)c2ccccc2S1. The fraction of sp³-hybridized carbons (Fsp3) is 0.381. The molecule has 0 spiro atoms. The molecule has 0 radical (unpaired) electrons. The first-order valence-electron chi connectivity index (χ1n) is 9.39. The lowest BCUT2D eigenvalue weighted by molar-refractivity contribution is -0.130. The van der Waals surface area contributed by atoms with E-state index in [0.717, 1.165) is 25.3 Å². The topological polar surface area (TPSA) is 26.8 Å². The maximum Gasteiger partial charge on any atom is 0.242 e. The Labute approximate surface area is 163 Å². The van der Waals surface area contributed by atoms with Crippen LogP contribution in [0.4, 0.5) is 15.8 Å². The van der Waals surface area contributed by atoms with Crippen molar-refractivity contribution in [2.24, 2.45) is 0 Å². The summed E-state index contributed by atoms with van der Waals surface area (Å²) < 4.78 is 13.1. The number of thioether (sulfide) groups is 1. The number of piperazine rings is 1. The van der Waals surface area contributed by atoms with E-state index in [1.54, 1.807) is 12.1 Å². The van der Waals surface area contributed by atoms with E-state index < -0.39 is 0 Å². The van der Waals surface area contributed by atoms with Crippen LogP contribution in [0, 0.1) is 5.82 Å². The van der Waals surface area contributed by atoms with E-state index in [1.165, 1.54) is 22.7 Å². The van der Waals surface area contributed by atoms with E-state index in [2.05, 4.69) is 34.9 Å². The predicted molar refractivity (Wildman–Crippen MR) is 109 cm³/mol. The summed E-state index contributed by atoms with van der Waals surface area (Å²) in [6, 6.07) is 14.9. The largest absolute Gasteiger partial charge is 0.368 e. The summed E-state index contributed by atoms with van der Waals surface area (Å²) in [4.78, 5) is 20.5. The quantitative estimate of drug-likeness (QED) is 0.808. The van der Waals surface area contributed by atoms with Gasteiger partial charge in [-0.15, -0.1) is 11.8 Å². The minimum atomic E-state index is -0.221. The average Bonchev–Trinajstić information content (AvgIpc) is 2.68. The summed E-state index contributed by atoms with van der Waals surface area (Å²) >= 11 is 1.88. The Bertz CT molecular complexity index is 805. The van der Waals surface area contributed by atoms with E-state index >= 15 is 0 Å². The predicted octanol–water partition coefficient (Wildman–Crippen LogP) is 3.48. The van der Waals surface area contributed by atoms with Gasteiger partial charge in [0.25, 0.3) is 0 Å². The number of halogens is 1. The summed E-state index contributed by atoms with van der Waals surface area (Å²) in [5.41, 5.74) is 2.18. The van der Waals surface area contributed by atoms with Gasteiger partial charge in [-0.25, -0.2) is 4.39 Å². The van der Waals surface area contributed by atoms with Crippen molar-refractivity contribution in [3.8, 4) is 0 Å². The Morgan fingerprint density at radius 2 is 1.78 bits per heavy atom. The zero-order valence-corrected chi connectivity index (χ0v) is 16.3. The average molecular weight is 386 g/mol. The number of nitrogens with zero attached hydrogens (tertiary/aromatic N) is 3. The van der Waals surface area contributed by atoms with Crippen molar-refractivity contribution >= 4 is 29.0 Å². The standard InChI is InChI=1S/C21H24FN3OS/c1-16-14-25(19-4-2-3-5-20(19)27-16)15-21(26)24-12-10-23(11-13-24)18-8-6-17(22)7-9-18/h2-9,16H,10-15H2,1H3. The molecule has 27 heavy (non-hydrogen) atoms. The molecule has 1 atom stereocenters.